The van der Waals surface area contributed by atoms with Gasteiger partial charge >= 0.3 is 0 Å². The second-order valence-corrected chi connectivity index (χ2v) is 11.0. The average molecular weight is 460 g/mol. The SMILES string of the molecule is Cc1nc(C(=O)N(CCC2=CN(C)C3CC=CC=C23)CC2CC2)c(-c2ccc(C)c(C)c2)s1. The molecule has 1 fully saturated rings. The molecule has 5 rings (SSSR count). The van der Waals surface area contributed by atoms with Gasteiger partial charge in [-0.2, -0.15) is 0 Å². The van der Waals surface area contributed by atoms with E-state index in [1.165, 1.54) is 35.1 Å². The summed E-state index contributed by atoms with van der Waals surface area (Å²) in [5.41, 5.74) is 7.01. The van der Waals surface area contributed by atoms with Crippen LogP contribution in [0.25, 0.3) is 10.4 Å². The highest BCUT2D eigenvalue weighted by molar-refractivity contribution is 7.15. The van der Waals surface area contributed by atoms with E-state index in [2.05, 4.69) is 73.3 Å². The Balaban J connectivity index is 1.39. The highest BCUT2D eigenvalue weighted by atomic mass is 32.1. The van der Waals surface area contributed by atoms with Crippen LogP contribution >= 0.6 is 11.3 Å². The molecule has 4 nitrogen and oxygen atoms in total. The number of carbonyl (C=O) groups excluding carboxylic acids is 1. The lowest BCUT2D eigenvalue weighted by Gasteiger charge is -2.24. The minimum Gasteiger partial charge on any atom is -0.373 e. The van der Waals surface area contributed by atoms with Crippen LogP contribution in [0.2, 0.25) is 0 Å². The second kappa shape index (κ2) is 8.94. The van der Waals surface area contributed by atoms with Crippen molar-refractivity contribution in [3.05, 3.63) is 75.6 Å². The minimum atomic E-state index is 0.0838. The number of fused-ring (bicyclic) bond motifs is 1. The predicted octanol–water partition coefficient (Wildman–Crippen LogP) is 6.06. The highest BCUT2D eigenvalue weighted by Gasteiger charge is 2.32. The number of hydrogen-bond acceptors (Lipinski definition) is 4. The lowest BCUT2D eigenvalue weighted by atomic mass is 9.94. The van der Waals surface area contributed by atoms with E-state index in [1.807, 2.05) is 6.92 Å². The first kappa shape index (κ1) is 22.1. The van der Waals surface area contributed by atoms with Crippen molar-refractivity contribution in [1.82, 2.24) is 14.8 Å². The molecule has 2 aromatic rings. The maximum absolute atomic E-state index is 13.8. The van der Waals surface area contributed by atoms with Gasteiger partial charge in [0.1, 0.15) is 5.69 Å². The van der Waals surface area contributed by atoms with Crippen LogP contribution in [0, 0.1) is 26.7 Å². The summed E-state index contributed by atoms with van der Waals surface area (Å²) < 4.78 is 0. The van der Waals surface area contributed by atoms with Gasteiger partial charge in [0.25, 0.3) is 5.91 Å². The molecule has 3 aliphatic rings. The van der Waals surface area contributed by atoms with Crippen molar-refractivity contribution in [1.29, 1.82) is 0 Å². The Kier molecular flexibility index (Phi) is 6.00. The fraction of sp³-hybridized carbons (Fsp3) is 0.429. The zero-order valence-electron chi connectivity index (χ0n) is 20.1. The molecule has 0 N–H and O–H groups in total. The van der Waals surface area contributed by atoms with Crippen molar-refractivity contribution in [2.24, 2.45) is 5.92 Å². The van der Waals surface area contributed by atoms with E-state index in [4.69, 9.17) is 4.98 Å². The summed E-state index contributed by atoms with van der Waals surface area (Å²) in [5, 5.41) is 0.945. The van der Waals surface area contributed by atoms with Gasteiger partial charge < -0.3 is 9.80 Å². The topological polar surface area (TPSA) is 36.4 Å². The lowest BCUT2D eigenvalue weighted by Crippen LogP contribution is -2.34. The molecule has 1 aromatic carbocycles. The molecule has 1 aliphatic heterocycles. The Morgan fingerprint density at radius 1 is 1.21 bits per heavy atom. The number of amides is 1. The molecular weight excluding hydrogens is 426 g/mol. The van der Waals surface area contributed by atoms with E-state index >= 15 is 0 Å². The predicted molar refractivity (Wildman–Crippen MR) is 136 cm³/mol. The monoisotopic (exact) mass is 459 g/mol. The van der Waals surface area contributed by atoms with Crippen LogP contribution < -0.4 is 0 Å². The third-order valence-electron chi connectivity index (χ3n) is 7.17. The van der Waals surface area contributed by atoms with Crippen molar-refractivity contribution < 1.29 is 4.79 Å². The van der Waals surface area contributed by atoms with Crippen LogP contribution in [-0.2, 0) is 0 Å². The average Bonchev–Trinajstić information content (AvgIpc) is 3.46. The summed E-state index contributed by atoms with van der Waals surface area (Å²) in [7, 11) is 2.16. The lowest BCUT2D eigenvalue weighted by molar-refractivity contribution is 0.0745. The molecule has 0 bridgehead atoms. The Labute approximate surface area is 201 Å². The van der Waals surface area contributed by atoms with Crippen LogP contribution in [0.15, 0.2) is 53.8 Å². The zero-order valence-corrected chi connectivity index (χ0v) is 20.9. The van der Waals surface area contributed by atoms with Gasteiger partial charge in [-0.3, -0.25) is 4.79 Å². The van der Waals surface area contributed by atoms with Crippen LogP contribution in [0.1, 0.15) is 52.3 Å². The zero-order chi connectivity index (χ0) is 23.1. The van der Waals surface area contributed by atoms with Crippen molar-refractivity contribution in [3.63, 3.8) is 0 Å². The molecule has 0 radical (unpaired) electrons. The normalized spacial score (nSPS) is 19.4. The first-order chi connectivity index (χ1) is 15.9. The van der Waals surface area contributed by atoms with Crippen molar-refractivity contribution >= 4 is 17.2 Å². The van der Waals surface area contributed by atoms with Gasteiger partial charge in [0, 0.05) is 26.3 Å². The molecule has 1 aromatic heterocycles. The number of benzene rings is 1. The molecule has 33 heavy (non-hydrogen) atoms. The van der Waals surface area contributed by atoms with Crippen molar-refractivity contribution in [2.75, 3.05) is 20.1 Å². The van der Waals surface area contributed by atoms with Crippen molar-refractivity contribution in [2.45, 2.75) is 52.5 Å². The van der Waals surface area contributed by atoms with E-state index in [0.29, 0.717) is 17.7 Å². The maximum Gasteiger partial charge on any atom is 0.274 e. The number of rotatable bonds is 7. The molecule has 1 saturated carbocycles. The number of allylic oxidation sites excluding steroid dienone is 2. The quantitative estimate of drug-likeness (QED) is 0.505. The highest BCUT2D eigenvalue weighted by Crippen LogP contribution is 2.36. The van der Waals surface area contributed by atoms with Gasteiger partial charge in [0.15, 0.2) is 0 Å². The second-order valence-electron chi connectivity index (χ2n) is 9.78. The molecule has 0 spiro atoms. The van der Waals surface area contributed by atoms with Gasteiger partial charge in [-0.15, -0.1) is 11.3 Å². The largest absolute Gasteiger partial charge is 0.373 e. The molecular formula is C28H33N3OS. The first-order valence-corrected chi connectivity index (χ1v) is 12.9. The first-order valence-electron chi connectivity index (χ1n) is 12.0. The smallest absolute Gasteiger partial charge is 0.274 e. The Morgan fingerprint density at radius 3 is 2.79 bits per heavy atom. The summed E-state index contributed by atoms with van der Waals surface area (Å²) in [6.07, 6.45) is 13.3. The number of aromatic nitrogens is 1. The van der Waals surface area contributed by atoms with Gasteiger partial charge in [0.05, 0.1) is 15.9 Å². The van der Waals surface area contributed by atoms with Gasteiger partial charge in [-0.05, 0) is 80.2 Å². The summed E-state index contributed by atoms with van der Waals surface area (Å²) in [4.78, 5) is 24.0. The molecule has 1 amide bonds. The fourth-order valence-electron chi connectivity index (χ4n) is 4.89. The van der Waals surface area contributed by atoms with E-state index in [-0.39, 0.29) is 5.91 Å². The summed E-state index contributed by atoms with van der Waals surface area (Å²) in [6, 6.07) is 6.91. The number of likely N-dealkylation sites (N-methyl/N-ethyl adjacent to an activating group) is 1. The number of carbonyl (C=O) groups is 1. The van der Waals surface area contributed by atoms with Crippen LogP contribution in [0.3, 0.4) is 0 Å². The number of hydrogen-bond donors (Lipinski definition) is 0. The molecule has 2 aliphatic carbocycles. The van der Waals surface area contributed by atoms with Crippen LogP contribution in [0.5, 0.6) is 0 Å². The van der Waals surface area contributed by atoms with Crippen LogP contribution in [0.4, 0.5) is 0 Å². The van der Waals surface area contributed by atoms with Crippen LogP contribution in [-0.4, -0.2) is 46.9 Å². The Bertz CT molecular complexity index is 1170. The van der Waals surface area contributed by atoms with E-state index in [9.17, 15) is 4.79 Å². The maximum atomic E-state index is 13.8. The molecule has 5 heteroatoms. The summed E-state index contributed by atoms with van der Waals surface area (Å²) in [5.74, 6) is 0.726. The fourth-order valence-corrected chi connectivity index (χ4v) is 5.79. The van der Waals surface area contributed by atoms with Gasteiger partial charge in [-0.1, -0.05) is 36.4 Å². The minimum absolute atomic E-state index is 0.0838. The molecule has 0 saturated heterocycles. The molecule has 172 valence electrons. The number of thiazole rings is 1. The van der Waals surface area contributed by atoms with E-state index in [1.54, 1.807) is 11.3 Å². The molecule has 2 heterocycles. The van der Waals surface area contributed by atoms with E-state index < -0.39 is 0 Å². The van der Waals surface area contributed by atoms with Gasteiger partial charge in [0.2, 0.25) is 0 Å². The number of aryl methyl sites for hydroxylation is 3. The van der Waals surface area contributed by atoms with Gasteiger partial charge in [-0.25, -0.2) is 4.98 Å². The summed E-state index contributed by atoms with van der Waals surface area (Å²) >= 11 is 1.63. The number of nitrogens with zero attached hydrogens (tertiary/aromatic N) is 3. The third kappa shape index (κ3) is 4.56. The summed E-state index contributed by atoms with van der Waals surface area (Å²) in [6.45, 7) is 7.83. The van der Waals surface area contributed by atoms with Crippen molar-refractivity contribution in [3.8, 4) is 10.4 Å². The Morgan fingerprint density at radius 2 is 2.03 bits per heavy atom. The Hall–Kier alpha value is -2.66. The third-order valence-corrected chi connectivity index (χ3v) is 8.19. The molecule has 1 atom stereocenters. The van der Waals surface area contributed by atoms with E-state index in [0.717, 1.165) is 41.4 Å². The standard InChI is InChI=1S/C28H33N3OS/c1-18-9-12-22(15-19(18)2)27-26(29-20(3)33-27)28(32)31(16-21-10-11-21)14-13-23-17-30(4)25-8-6-5-7-24(23)25/h5-7,9,12,15,17,21,25H,8,10-11,13-14,16H2,1-4H3. The molecule has 1 unspecified atom stereocenters.